The van der Waals surface area contributed by atoms with Crippen LogP contribution in [0.3, 0.4) is 0 Å². The van der Waals surface area contributed by atoms with Crippen molar-refractivity contribution in [2.45, 2.75) is 11.8 Å². The number of fused-ring (bicyclic) bond motifs is 1. The molecule has 0 bridgehead atoms. The van der Waals surface area contributed by atoms with E-state index < -0.39 is 34.9 Å². The third kappa shape index (κ3) is 2.79. The van der Waals surface area contributed by atoms with E-state index in [2.05, 4.69) is 0 Å². The lowest BCUT2D eigenvalue weighted by Gasteiger charge is -2.31. The molecule has 2 aliphatic rings. The Kier molecular flexibility index (Phi) is 4.41. The fourth-order valence-electron chi connectivity index (χ4n) is 4.53. The number of hydrogen-bond donors (Lipinski definition) is 0. The number of nitrogens with zero attached hydrogens (tertiary/aromatic N) is 1. The first-order valence-electron chi connectivity index (χ1n) is 9.63. The summed E-state index contributed by atoms with van der Waals surface area (Å²) in [6, 6.07) is 18.6. The van der Waals surface area contributed by atoms with Crippen LogP contribution in [-0.2, 0) is 19.8 Å². The minimum atomic E-state index is -1.52. The van der Waals surface area contributed by atoms with Gasteiger partial charge in [0, 0.05) is 17.0 Å². The van der Waals surface area contributed by atoms with Crippen LogP contribution in [0.4, 0.5) is 10.1 Å². The highest BCUT2D eigenvalue weighted by molar-refractivity contribution is 6.31. The maximum atomic E-state index is 13.6. The van der Waals surface area contributed by atoms with Crippen LogP contribution in [0.25, 0.3) is 0 Å². The fraction of sp³-hybridized carbons (Fsp3) is 0.125. The number of hydrogen-bond acceptors (Lipinski definition) is 4. The van der Waals surface area contributed by atoms with E-state index in [0.717, 1.165) is 4.90 Å². The first-order chi connectivity index (χ1) is 14.9. The second-order valence-electron chi connectivity index (χ2n) is 7.50. The molecule has 0 saturated carbocycles. The number of carbonyl (C=O) groups excluding carboxylic acids is 3. The number of ether oxygens (including phenoxy) is 1. The molecule has 1 saturated heterocycles. The third-order valence-corrected chi connectivity index (χ3v) is 6.11. The number of esters is 1. The van der Waals surface area contributed by atoms with E-state index >= 15 is 0 Å². The monoisotopic (exact) mass is 435 g/mol. The standard InChI is InChI=1S/C24H15ClFNO4/c25-15-6-11-20-18(12-15)24(23(30)31-20,14-4-2-1-3-5-14)19-13-21(28)27(22(19)29)17-9-7-16(26)8-10-17/h1-12,19H,13H2/t19-,24+/m1/s1. The van der Waals surface area contributed by atoms with Crippen molar-refractivity contribution in [3.8, 4) is 5.75 Å². The average molecular weight is 436 g/mol. The van der Waals surface area contributed by atoms with Crippen LogP contribution >= 0.6 is 11.6 Å². The second-order valence-corrected chi connectivity index (χ2v) is 7.94. The van der Waals surface area contributed by atoms with Gasteiger partial charge in [-0.2, -0.15) is 0 Å². The summed E-state index contributed by atoms with van der Waals surface area (Å²) in [5, 5.41) is 0.379. The molecule has 0 aliphatic carbocycles. The Balaban J connectivity index is 1.71. The quantitative estimate of drug-likeness (QED) is 0.350. The lowest BCUT2D eigenvalue weighted by molar-refractivity contribution is -0.141. The molecule has 1 fully saturated rings. The van der Waals surface area contributed by atoms with Gasteiger partial charge in [-0.1, -0.05) is 41.9 Å². The van der Waals surface area contributed by atoms with Gasteiger partial charge in [0.25, 0.3) is 0 Å². The second kappa shape index (κ2) is 7.03. The zero-order chi connectivity index (χ0) is 21.8. The van der Waals surface area contributed by atoms with Crippen LogP contribution in [0, 0.1) is 11.7 Å². The molecule has 0 N–H and O–H groups in total. The van der Waals surface area contributed by atoms with Gasteiger partial charge in [-0.15, -0.1) is 0 Å². The fourth-order valence-corrected chi connectivity index (χ4v) is 4.70. The molecular weight excluding hydrogens is 421 g/mol. The first-order valence-corrected chi connectivity index (χ1v) is 10.0. The topological polar surface area (TPSA) is 63.7 Å². The lowest BCUT2D eigenvalue weighted by atomic mass is 9.66. The van der Waals surface area contributed by atoms with Crippen molar-refractivity contribution in [3.05, 3.63) is 94.8 Å². The molecule has 2 atom stereocenters. The van der Waals surface area contributed by atoms with Crippen molar-refractivity contribution < 1.29 is 23.5 Å². The molecule has 3 aromatic carbocycles. The molecule has 2 heterocycles. The van der Waals surface area contributed by atoms with Gasteiger partial charge < -0.3 is 4.74 Å². The predicted octanol–water partition coefficient (Wildman–Crippen LogP) is 4.26. The number of anilines is 1. The SMILES string of the molecule is O=C1C[C@@H]([C@@]2(c3ccccc3)C(=O)Oc3ccc(Cl)cc32)C(=O)N1c1ccc(F)cc1. The molecule has 0 aromatic heterocycles. The third-order valence-electron chi connectivity index (χ3n) is 5.87. The largest absolute Gasteiger partial charge is 0.425 e. The Morgan fingerprint density at radius 2 is 1.68 bits per heavy atom. The number of halogens is 2. The molecule has 31 heavy (non-hydrogen) atoms. The summed E-state index contributed by atoms with van der Waals surface area (Å²) in [5.41, 5.74) is -0.292. The van der Waals surface area contributed by atoms with E-state index in [4.69, 9.17) is 16.3 Å². The molecular formula is C24H15ClFNO4. The first kappa shape index (κ1) is 19.5. The zero-order valence-corrected chi connectivity index (χ0v) is 16.8. The number of benzene rings is 3. The van der Waals surface area contributed by atoms with Crippen LogP contribution in [-0.4, -0.2) is 17.8 Å². The van der Waals surface area contributed by atoms with E-state index in [9.17, 15) is 18.8 Å². The normalized spacial score (nSPS) is 22.6. The Bertz CT molecular complexity index is 1230. The lowest BCUT2D eigenvalue weighted by Crippen LogP contribution is -2.46. The van der Waals surface area contributed by atoms with Crippen molar-refractivity contribution in [2.75, 3.05) is 4.90 Å². The molecule has 7 heteroatoms. The Labute approximate surface area is 182 Å². The van der Waals surface area contributed by atoms with Crippen LogP contribution in [0.15, 0.2) is 72.8 Å². The highest BCUT2D eigenvalue weighted by Crippen LogP contribution is 2.53. The van der Waals surface area contributed by atoms with Crippen molar-refractivity contribution in [2.24, 2.45) is 5.92 Å². The van der Waals surface area contributed by atoms with Gasteiger partial charge in [0.15, 0.2) is 0 Å². The Morgan fingerprint density at radius 1 is 0.968 bits per heavy atom. The zero-order valence-electron chi connectivity index (χ0n) is 16.0. The maximum absolute atomic E-state index is 13.6. The van der Waals surface area contributed by atoms with E-state index in [1.54, 1.807) is 48.5 Å². The average Bonchev–Trinajstić information content (AvgIpc) is 3.22. The summed E-state index contributed by atoms with van der Waals surface area (Å²) in [4.78, 5) is 40.9. The highest BCUT2D eigenvalue weighted by atomic mass is 35.5. The van der Waals surface area contributed by atoms with Gasteiger partial charge in [-0.25, -0.2) is 4.39 Å². The summed E-state index contributed by atoms with van der Waals surface area (Å²) >= 11 is 6.23. The van der Waals surface area contributed by atoms with Gasteiger partial charge in [0.2, 0.25) is 11.8 Å². The molecule has 0 unspecified atom stereocenters. The number of amides is 2. The summed E-state index contributed by atoms with van der Waals surface area (Å²) in [7, 11) is 0. The van der Waals surface area contributed by atoms with E-state index in [-0.39, 0.29) is 12.1 Å². The maximum Gasteiger partial charge on any atom is 0.327 e. The Hall–Kier alpha value is -3.51. The van der Waals surface area contributed by atoms with Crippen molar-refractivity contribution in [1.82, 2.24) is 0 Å². The van der Waals surface area contributed by atoms with E-state index in [1.807, 2.05) is 0 Å². The van der Waals surface area contributed by atoms with Crippen LogP contribution in [0.1, 0.15) is 17.5 Å². The van der Waals surface area contributed by atoms with Gasteiger partial charge in [0.1, 0.15) is 17.0 Å². The van der Waals surface area contributed by atoms with E-state index in [1.165, 1.54) is 24.3 Å². The van der Waals surface area contributed by atoms with Crippen LogP contribution in [0.2, 0.25) is 5.02 Å². The summed E-state index contributed by atoms with van der Waals surface area (Å²) < 4.78 is 18.9. The number of imide groups is 1. The molecule has 5 nitrogen and oxygen atoms in total. The molecule has 154 valence electrons. The number of carbonyl (C=O) groups is 3. The van der Waals surface area contributed by atoms with Crippen LogP contribution in [0.5, 0.6) is 5.75 Å². The van der Waals surface area contributed by atoms with Crippen molar-refractivity contribution >= 4 is 35.1 Å². The summed E-state index contributed by atoms with van der Waals surface area (Å²) in [6.45, 7) is 0. The summed E-state index contributed by atoms with van der Waals surface area (Å²) in [6.07, 6.45) is -0.202. The summed E-state index contributed by atoms with van der Waals surface area (Å²) in [5.74, 6) is -2.88. The Morgan fingerprint density at radius 3 is 2.39 bits per heavy atom. The minimum absolute atomic E-state index is 0.202. The van der Waals surface area contributed by atoms with Crippen LogP contribution < -0.4 is 9.64 Å². The minimum Gasteiger partial charge on any atom is -0.425 e. The van der Waals surface area contributed by atoms with Gasteiger partial charge >= 0.3 is 5.97 Å². The smallest absolute Gasteiger partial charge is 0.327 e. The molecule has 2 aliphatic heterocycles. The van der Waals surface area contributed by atoms with E-state index in [0.29, 0.717) is 21.9 Å². The van der Waals surface area contributed by atoms with Crippen molar-refractivity contribution in [1.29, 1.82) is 0 Å². The molecule has 0 spiro atoms. The number of rotatable bonds is 3. The van der Waals surface area contributed by atoms with Gasteiger partial charge in [0.05, 0.1) is 11.6 Å². The van der Waals surface area contributed by atoms with Gasteiger partial charge in [-0.3, -0.25) is 19.3 Å². The van der Waals surface area contributed by atoms with Gasteiger partial charge in [-0.05, 0) is 48.0 Å². The molecule has 2 amide bonds. The predicted molar refractivity (Wildman–Crippen MR) is 111 cm³/mol. The molecule has 0 radical (unpaired) electrons. The molecule has 3 aromatic rings. The molecule has 5 rings (SSSR count). The van der Waals surface area contributed by atoms with Crippen molar-refractivity contribution in [3.63, 3.8) is 0 Å². The highest BCUT2D eigenvalue weighted by Gasteiger charge is 2.62.